The highest BCUT2D eigenvalue weighted by atomic mass is 79.9. The van der Waals surface area contributed by atoms with E-state index < -0.39 is 0 Å². The normalized spacial score (nSPS) is 10.8. The second-order valence-corrected chi connectivity index (χ2v) is 6.60. The molecule has 0 saturated heterocycles. The van der Waals surface area contributed by atoms with Gasteiger partial charge >= 0.3 is 0 Å². The fraction of sp³-hybridized carbons (Fsp3) is 0.0667. The van der Waals surface area contributed by atoms with Crippen LogP contribution >= 0.6 is 27.3 Å². The molecule has 0 spiro atoms. The number of benzene rings is 2. The van der Waals surface area contributed by atoms with E-state index in [0.717, 1.165) is 20.3 Å². The fourth-order valence-corrected chi connectivity index (χ4v) is 3.55. The number of nitrogens with zero attached hydrogens (tertiary/aromatic N) is 1. The molecule has 0 aliphatic carbocycles. The van der Waals surface area contributed by atoms with Gasteiger partial charge in [0.2, 0.25) is 0 Å². The maximum absolute atomic E-state index is 12.3. The Morgan fingerprint density at radius 1 is 1.33 bits per heavy atom. The second-order valence-electron chi connectivity index (χ2n) is 4.68. The topological polar surface area (TPSA) is 68.0 Å². The number of nitrogens with one attached hydrogen (secondary N) is 1. The second kappa shape index (κ2) is 5.46. The van der Waals surface area contributed by atoms with Crippen LogP contribution in [0.25, 0.3) is 10.2 Å². The molecule has 0 saturated carbocycles. The van der Waals surface area contributed by atoms with Gasteiger partial charge in [-0.05, 0) is 47.1 Å². The smallest absolute Gasteiger partial charge is 0.255 e. The van der Waals surface area contributed by atoms with Crippen molar-refractivity contribution < 1.29 is 4.79 Å². The minimum atomic E-state index is -0.137. The molecule has 0 aliphatic heterocycles. The van der Waals surface area contributed by atoms with Crippen molar-refractivity contribution in [1.82, 2.24) is 4.98 Å². The number of thiazole rings is 1. The van der Waals surface area contributed by atoms with E-state index in [1.807, 2.05) is 37.3 Å². The summed E-state index contributed by atoms with van der Waals surface area (Å²) in [7, 11) is 0. The molecule has 6 heteroatoms. The quantitative estimate of drug-likeness (QED) is 0.718. The molecular formula is C15H12BrN3OS. The maximum Gasteiger partial charge on any atom is 0.255 e. The molecule has 3 rings (SSSR count). The van der Waals surface area contributed by atoms with Crippen molar-refractivity contribution in [2.45, 2.75) is 6.92 Å². The van der Waals surface area contributed by atoms with E-state index in [2.05, 4.69) is 26.2 Å². The van der Waals surface area contributed by atoms with Gasteiger partial charge in [-0.1, -0.05) is 29.0 Å². The zero-order valence-electron chi connectivity index (χ0n) is 11.2. The summed E-state index contributed by atoms with van der Waals surface area (Å²) in [5.74, 6) is -0.137. The molecule has 1 heterocycles. The third-order valence-corrected chi connectivity index (χ3v) is 4.44. The molecule has 0 fully saturated rings. The van der Waals surface area contributed by atoms with E-state index in [-0.39, 0.29) is 5.91 Å². The van der Waals surface area contributed by atoms with E-state index in [4.69, 9.17) is 5.73 Å². The highest BCUT2D eigenvalue weighted by molar-refractivity contribution is 9.10. The van der Waals surface area contributed by atoms with E-state index in [0.29, 0.717) is 16.4 Å². The van der Waals surface area contributed by atoms with Gasteiger partial charge in [0.05, 0.1) is 10.2 Å². The van der Waals surface area contributed by atoms with Crippen LogP contribution in [0.1, 0.15) is 15.9 Å². The van der Waals surface area contributed by atoms with Crippen LogP contribution in [-0.4, -0.2) is 10.9 Å². The van der Waals surface area contributed by atoms with Gasteiger partial charge in [-0.25, -0.2) is 4.98 Å². The van der Waals surface area contributed by atoms with Gasteiger partial charge in [-0.3, -0.25) is 4.79 Å². The Morgan fingerprint density at radius 3 is 2.90 bits per heavy atom. The van der Waals surface area contributed by atoms with Crippen molar-refractivity contribution in [2.24, 2.45) is 0 Å². The Bertz CT molecular complexity index is 844. The third-order valence-electron chi connectivity index (χ3n) is 3.00. The molecule has 0 aliphatic rings. The molecular weight excluding hydrogens is 350 g/mol. The summed E-state index contributed by atoms with van der Waals surface area (Å²) in [4.78, 5) is 16.5. The minimum Gasteiger partial charge on any atom is -0.375 e. The predicted octanol–water partition coefficient (Wildman–Crippen LogP) is 4.20. The van der Waals surface area contributed by atoms with Crippen LogP contribution in [-0.2, 0) is 0 Å². The Balaban J connectivity index is 1.92. The van der Waals surface area contributed by atoms with Crippen molar-refractivity contribution in [3.8, 4) is 0 Å². The van der Waals surface area contributed by atoms with Crippen molar-refractivity contribution in [2.75, 3.05) is 11.1 Å². The van der Waals surface area contributed by atoms with Gasteiger partial charge < -0.3 is 11.1 Å². The lowest BCUT2D eigenvalue weighted by atomic mass is 10.1. The third kappa shape index (κ3) is 2.91. The molecule has 106 valence electrons. The molecule has 1 amide bonds. The summed E-state index contributed by atoms with van der Waals surface area (Å²) in [5, 5.41) is 3.40. The fourth-order valence-electron chi connectivity index (χ4n) is 2.07. The standard InChI is InChI=1S/C15H12BrN3OS/c1-8-3-2-4-9(5-8)14(20)18-10-6-11(16)13-12(7-10)21-15(17)19-13/h2-7H,1H3,(H2,17,19)(H,18,20). The van der Waals surface area contributed by atoms with Crippen LogP contribution in [0.5, 0.6) is 0 Å². The average molecular weight is 362 g/mol. The Kier molecular flexibility index (Phi) is 3.65. The van der Waals surface area contributed by atoms with Crippen LogP contribution in [0.4, 0.5) is 10.8 Å². The number of aromatic nitrogens is 1. The van der Waals surface area contributed by atoms with Gasteiger partial charge in [0.15, 0.2) is 5.13 Å². The van der Waals surface area contributed by atoms with Gasteiger partial charge in [0, 0.05) is 15.7 Å². The number of rotatable bonds is 2. The number of carbonyl (C=O) groups is 1. The SMILES string of the molecule is Cc1cccc(C(=O)Nc2cc(Br)c3nc(N)sc3c2)c1. The number of halogens is 1. The van der Waals surface area contributed by atoms with Gasteiger partial charge in [-0.15, -0.1) is 0 Å². The molecule has 1 aromatic heterocycles. The molecule has 2 aromatic carbocycles. The predicted molar refractivity (Wildman–Crippen MR) is 90.9 cm³/mol. The summed E-state index contributed by atoms with van der Waals surface area (Å²) in [5.41, 5.74) is 8.93. The molecule has 0 bridgehead atoms. The van der Waals surface area contributed by atoms with Crippen molar-refractivity contribution in [3.05, 3.63) is 52.0 Å². The molecule has 0 radical (unpaired) electrons. The van der Waals surface area contributed by atoms with E-state index in [1.165, 1.54) is 11.3 Å². The summed E-state index contributed by atoms with van der Waals surface area (Å²) < 4.78 is 1.74. The first-order valence-electron chi connectivity index (χ1n) is 6.26. The largest absolute Gasteiger partial charge is 0.375 e. The number of hydrogen-bond acceptors (Lipinski definition) is 4. The molecule has 3 N–H and O–H groups in total. The zero-order chi connectivity index (χ0) is 15.0. The van der Waals surface area contributed by atoms with E-state index >= 15 is 0 Å². The molecule has 21 heavy (non-hydrogen) atoms. The first-order chi connectivity index (χ1) is 10.0. The summed E-state index contributed by atoms with van der Waals surface area (Å²) >= 11 is 4.85. The van der Waals surface area contributed by atoms with Crippen LogP contribution in [0.15, 0.2) is 40.9 Å². The number of nitrogens with two attached hydrogens (primary N) is 1. The van der Waals surface area contributed by atoms with E-state index in [1.54, 1.807) is 6.07 Å². The lowest BCUT2D eigenvalue weighted by molar-refractivity contribution is 0.102. The highest BCUT2D eigenvalue weighted by Gasteiger charge is 2.10. The summed E-state index contributed by atoms with van der Waals surface area (Å²) in [6.45, 7) is 1.96. The molecule has 0 atom stereocenters. The lowest BCUT2D eigenvalue weighted by Crippen LogP contribution is -2.11. The Labute approximate surface area is 134 Å². The van der Waals surface area contributed by atoms with Crippen molar-refractivity contribution in [1.29, 1.82) is 0 Å². The van der Waals surface area contributed by atoms with Crippen LogP contribution < -0.4 is 11.1 Å². The molecule has 3 aromatic rings. The lowest BCUT2D eigenvalue weighted by Gasteiger charge is -2.07. The number of amides is 1. The van der Waals surface area contributed by atoms with Crippen LogP contribution in [0.3, 0.4) is 0 Å². The van der Waals surface area contributed by atoms with E-state index in [9.17, 15) is 4.79 Å². The van der Waals surface area contributed by atoms with Crippen LogP contribution in [0, 0.1) is 6.92 Å². The number of anilines is 2. The van der Waals surface area contributed by atoms with Gasteiger partial charge in [-0.2, -0.15) is 0 Å². The summed E-state index contributed by atoms with van der Waals surface area (Å²) in [6.07, 6.45) is 0. The zero-order valence-corrected chi connectivity index (χ0v) is 13.6. The van der Waals surface area contributed by atoms with Crippen molar-refractivity contribution >= 4 is 54.2 Å². The van der Waals surface area contributed by atoms with Gasteiger partial charge in [0.25, 0.3) is 5.91 Å². The number of nitrogen functional groups attached to an aromatic ring is 1. The number of aryl methyl sites for hydroxylation is 1. The van der Waals surface area contributed by atoms with Gasteiger partial charge in [0.1, 0.15) is 0 Å². The maximum atomic E-state index is 12.3. The molecule has 4 nitrogen and oxygen atoms in total. The molecule has 0 unspecified atom stereocenters. The average Bonchev–Trinajstić information content (AvgIpc) is 2.80. The number of hydrogen-bond donors (Lipinski definition) is 2. The summed E-state index contributed by atoms with van der Waals surface area (Å²) in [6, 6.07) is 11.2. The Hall–Kier alpha value is -1.92. The first kappa shape index (κ1) is 14.0. The highest BCUT2D eigenvalue weighted by Crippen LogP contribution is 2.33. The number of carbonyl (C=O) groups excluding carboxylic acids is 1. The monoisotopic (exact) mass is 361 g/mol. The number of fused-ring (bicyclic) bond motifs is 1. The first-order valence-corrected chi connectivity index (χ1v) is 7.87. The Morgan fingerprint density at radius 2 is 2.14 bits per heavy atom. The minimum absolute atomic E-state index is 0.137. The van der Waals surface area contributed by atoms with Crippen LogP contribution in [0.2, 0.25) is 0 Å². The van der Waals surface area contributed by atoms with Crippen molar-refractivity contribution in [3.63, 3.8) is 0 Å².